The number of carboxylic acid groups (broad SMARTS) is 1. The summed E-state index contributed by atoms with van der Waals surface area (Å²) < 4.78 is 0.887. The van der Waals surface area contributed by atoms with E-state index in [2.05, 4.69) is 15.9 Å². The Kier molecular flexibility index (Phi) is 2.06. The molecule has 0 fully saturated rings. The Morgan fingerprint density at radius 3 is 2.20 bits per heavy atom. The number of carbonyl (C=O) groups is 1. The van der Waals surface area contributed by atoms with Crippen LogP contribution in [0.2, 0.25) is 0 Å². The van der Waals surface area contributed by atoms with Gasteiger partial charge in [-0.2, -0.15) is 0 Å². The summed E-state index contributed by atoms with van der Waals surface area (Å²) in [6.45, 7) is 0. The maximum absolute atomic E-state index is 10.3. The van der Waals surface area contributed by atoms with Crippen LogP contribution in [0.25, 0.3) is 0 Å². The molecule has 1 N–H and O–H groups in total. The third-order valence-corrected chi connectivity index (χ3v) is 1.62. The molecule has 0 aliphatic rings. The van der Waals surface area contributed by atoms with Gasteiger partial charge in [0.15, 0.2) is 0 Å². The van der Waals surface area contributed by atoms with Crippen molar-refractivity contribution in [2.75, 3.05) is 0 Å². The highest BCUT2D eigenvalue weighted by atomic mass is 79.9. The topological polar surface area (TPSA) is 37.3 Å². The van der Waals surface area contributed by atoms with Gasteiger partial charge in [0.1, 0.15) is 0 Å². The predicted octanol–water partition coefficient (Wildman–Crippen LogP) is 2.15. The fourth-order valence-corrected chi connectivity index (χ4v) is 0.857. The molecule has 0 amide bonds. The summed E-state index contributed by atoms with van der Waals surface area (Å²) in [5.41, 5.74) is 0.309. The van der Waals surface area contributed by atoms with Crippen LogP contribution >= 0.6 is 15.9 Å². The zero-order chi connectivity index (χ0) is 7.56. The van der Waals surface area contributed by atoms with Crippen molar-refractivity contribution in [1.82, 2.24) is 0 Å². The summed E-state index contributed by atoms with van der Waals surface area (Å²) in [7, 11) is 0. The SMILES string of the molecule is O=[14C](O)c1ccc(Br)cc1. The van der Waals surface area contributed by atoms with Crippen LogP contribution in [0.5, 0.6) is 0 Å². The van der Waals surface area contributed by atoms with Gasteiger partial charge in [-0.1, -0.05) is 15.9 Å². The van der Waals surface area contributed by atoms with Gasteiger partial charge in [0, 0.05) is 4.47 Å². The van der Waals surface area contributed by atoms with E-state index >= 15 is 0 Å². The van der Waals surface area contributed by atoms with Crippen LogP contribution < -0.4 is 0 Å². The van der Waals surface area contributed by atoms with Crippen LogP contribution in [-0.4, -0.2) is 11.1 Å². The normalized spacial score (nSPS) is 9.30. The molecule has 0 saturated carbocycles. The van der Waals surface area contributed by atoms with E-state index in [0.717, 1.165) is 4.47 Å². The Morgan fingerprint density at radius 1 is 1.30 bits per heavy atom. The average molecular weight is 203 g/mol. The first kappa shape index (κ1) is 7.28. The molecule has 0 aliphatic heterocycles. The lowest BCUT2D eigenvalue weighted by atomic mass is 10.3. The maximum atomic E-state index is 10.3. The second-order valence-electron chi connectivity index (χ2n) is 1.81. The second kappa shape index (κ2) is 2.84. The second-order valence-corrected chi connectivity index (χ2v) is 2.73. The third-order valence-electron chi connectivity index (χ3n) is 1.09. The summed E-state index contributed by atoms with van der Waals surface area (Å²) in [4.78, 5) is 10.3. The van der Waals surface area contributed by atoms with Crippen molar-refractivity contribution < 1.29 is 9.90 Å². The Balaban J connectivity index is 3.00. The average Bonchev–Trinajstić information content (AvgIpc) is 1.88. The fourth-order valence-electron chi connectivity index (χ4n) is 0.592. The van der Waals surface area contributed by atoms with Gasteiger partial charge >= 0.3 is 5.97 Å². The Labute approximate surface area is 66.6 Å². The zero-order valence-electron chi connectivity index (χ0n) is 5.04. The van der Waals surface area contributed by atoms with Crippen LogP contribution in [0.15, 0.2) is 28.7 Å². The van der Waals surface area contributed by atoms with E-state index in [9.17, 15) is 4.79 Å². The number of rotatable bonds is 1. The van der Waals surface area contributed by atoms with Gasteiger partial charge in [0.2, 0.25) is 0 Å². The zero-order valence-corrected chi connectivity index (χ0v) is 6.63. The van der Waals surface area contributed by atoms with E-state index in [-0.39, 0.29) is 0 Å². The quantitative estimate of drug-likeness (QED) is 0.759. The minimum Gasteiger partial charge on any atom is -0.478 e. The molecule has 0 spiro atoms. The predicted molar refractivity (Wildman–Crippen MR) is 41.1 cm³/mol. The Bertz CT molecular complexity index is 240. The molecule has 3 heteroatoms. The molecule has 2 nitrogen and oxygen atoms in total. The highest BCUT2D eigenvalue weighted by molar-refractivity contribution is 9.10. The molecule has 1 aromatic carbocycles. The molecule has 0 aliphatic carbocycles. The van der Waals surface area contributed by atoms with Crippen molar-refractivity contribution in [3.63, 3.8) is 0 Å². The van der Waals surface area contributed by atoms with E-state index in [0.29, 0.717) is 5.56 Å². The summed E-state index contributed by atoms with van der Waals surface area (Å²) in [5, 5.41) is 8.46. The highest BCUT2D eigenvalue weighted by Crippen LogP contribution is 2.09. The van der Waals surface area contributed by atoms with Gasteiger partial charge in [-0.3, -0.25) is 0 Å². The number of aromatic carboxylic acids is 1. The van der Waals surface area contributed by atoms with Crippen LogP contribution in [0.4, 0.5) is 0 Å². The lowest BCUT2D eigenvalue weighted by molar-refractivity contribution is 0.0697. The first-order chi connectivity index (χ1) is 4.70. The van der Waals surface area contributed by atoms with Gasteiger partial charge in [0.05, 0.1) is 5.56 Å². The molecule has 0 bridgehead atoms. The monoisotopic (exact) mass is 202 g/mol. The molecular weight excluding hydrogens is 198 g/mol. The first-order valence-electron chi connectivity index (χ1n) is 2.69. The molecule has 0 unspecified atom stereocenters. The maximum Gasteiger partial charge on any atom is 0.335 e. The molecule has 1 rings (SSSR count). The molecule has 0 radical (unpaired) electrons. The van der Waals surface area contributed by atoms with Gasteiger partial charge in [0.25, 0.3) is 0 Å². The number of halogens is 1. The van der Waals surface area contributed by atoms with Crippen LogP contribution in [-0.2, 0) is 0 Å². The van der Waals surface area contributed by atoms with E-state index in [1.165, 1.54) is 0 Å². The van der Waals surface area contributed by atoms with Crippen molar-refractivity contribution in [1.29, 1.82) is 0 Å². The summed E-state index contributed by atoms with van der Waals surface area (Å²) in [5.74, 6) is -0.896. The standard InChI is InChI=1S/C7H5BrO2/c8-6-3-1-5(2-4-6)7(9)10/h1-4H,(H,9,10)/i7+2. The lowest BCUT2D eigenvalue weighted by Crippen LogP contribution is -1.94. The van der Waals surface area contributed by atoms with Crippen LogP contribution in [0.3, 0.4) is 0 Å². The van der Waals surface area contributed by atoms with E-state index in [1.807, 2.05) is 0 Å². The molecular formula is C7H5BrO2. The molecule has 0 heterocycles. The first-order valence-corrected chi connectivity index (χ1v) is 3.48. The van der Waals surface area contributed by atoms with E-state index in [1.54, 1.807) is 24.3 Å². The number of hydrogen-bond acceptors (Lipinski definition) is 1. The van der Waals surface area contributed by atoms with Gasteiger partial charge in [-0.05, 0) is 24.3 Å². The Morgan fingerprint density at radius 2 is 1.80 bits per heavy atom. The number of carboxylic acids is 1. The number of hydrogen-bond donors (Lipinski definition) is 1. The summed E-state index contributed by atoms with van der Waals surface area (Å²) >= 11 is 3.20. The van der Waals surface area contributed by atoms with Crippen molar-refractivity contribution in [2.45, 2.75) is 0 Å². The van der Waals surface area contributed by atoms with Gasteiger partial charge in [-0.15, -0.1) is 0 Å². The summed E-state index contributed by atoms with van der Waals surface area (Å²) in [6, 6.07) is 6.49. The molecule has 10 heavy (non-hydrogen) atoms. The van der Waals surface area contributed by atoms with Gasteiger partial charge < -0.3 is 5.11 Å². The molecule has 0 saturated heterocycles. The molecule has 0 aromatic heterocycles. The third kappa shape index (κ3) is 1.57. The number of benzene rings is 1. The van der Waals surface area contributed by atoms with Crippen molar-refractivity contribution in [3.05, 3.63) is 34.3 Å². The lowest BCUT2D eigenvalue weighted by Gasteiger charge is -1.91. The minimum atomic E-state index is -0.896. The van der Waals surface area contributed by atoms with Crippen LogP contribution in [0.1, 0.15) is 10.4 Å². The van der Waals surface area contributed by atoms with Crippen molar-refractivity contribution in [3.8, 4) is 0 Å². The van der Waals surface area contributed by atoms with Crippen LogP contribution in [0, 0.1) is 0 Å². The summed E-state index contributed by atoms with van der Waals surface area (Å²) in [6.07, 6.45) is 0. The van der Waals surface area contributed by atoms with Crippen molar-refractivity contribution in [2.24, 2.45) is 0 Å². The molecule has 52 valence electrons. The largest absolute Gasteiger partial charge is 0.478 e. The van der Waals surface area contributed by atoms with E-state index < -0.39 is 5.97 Å². The van der Waals surface area contributed by atoms with Gasteiger partial charge in [-0.25, -0.2) is 4.79 Å². The molecule has 0 atom stereocenters. The Hall–Kier alpha value is -0.830. The van der Waals surface area contributed by atoms with Crippen molar-refractivity contribution >= 4 is 21.9 Å². The highest BCUT2D eigenvalue weighted by Gasteiger charge is 1.98. The smallest absolute Gasteiger partial charge is 0.335 e. The fraction of sp³-hybridized carbons (Fsp3) is 0. The van der Waals surface area contributed by atoms with E-state index in [4.69, 9.17) is 5.11 Å². The minimum absolute atomic E-state index is 0.309. The molecule has 1 aromatic rings.